The Labute approximate surface area is 128 Å². The Morgan fingerprint density at radius 3 is 2.55 bits per heavy atom. The first-order valence-corrected chi connectivity index (χ1v) is 6.95. The summed E-state index contributed by atoms with van der Waals surface area (Å²) in [5, 5.41) is 11.6. The monoisotopic (exact) mass is 302 g/mol. The van der Waals surface area contributed by atoms with E-state index in [1.54, 1.807) is 51.3 Å². The summed E-state index contributed by atoms with van der Waals surface area (Å²) in [5.74, 6) is -1.32. The average Bonchev–Trinajstić information content (AvgIpc) is 3.00. The van der Waals surface area contributed by atoms with Crippen molar-refractivity contribution in [2.24, 2.45) is 5.92 Å². The molecular weight excluding hydrogens is 284 g/mol. The predicted octanol–water partition coefficient (Wildman–Crippen LogP) is 2.49. The van der Waals surface area contributed by atoms with Gasteiger partial charge in [-0.1, -0.05) is 0 Å². The van der Waals surface area contributed by atoms with Crippen molar-refractivity contribution >= 4 is 11.9 Å². The minimum Gasteiger partial charge on any atom is -0.481 e. The third-order valence-electron chi connectivity index (χ3n) is 3.60. The van der Waals surface area contributed by atoms with Crippen LogP contribution in [0.4, 0.5) is 0 Å². The maximum absolute atomic E-state index is 12.2. The maximum Gasteiger partial charge on any atom is 0.308 e. The Balaban J connectivity index is 2.15. The topological polar surface area (TPSA) is 92.4 Å². The van der Waals surface area contributed by atoms with Gasteiger partial charge in [0.25, 0.3) is 5.91 Å². The second kappa shape index (κ2) is 6.43. The van der Waals surface area contributed by atoms with Gasteiger partial charge in [-0.25, -0.2) is 4.98 Å². The summed E-state index contributed by atoms with van der Waals surface area (Å²) < 4.78 is 5.27. The normalized spacial score (nSPS) is 13.4. The summed E-state index contributed by atoms with van der Waals surface area (Å²) in [6, 6.07) is 6.44. The van der Waals surface area contributed by atoms with Crippen LogP contribution in [0.3, 0.4) is 0 Å². The molecule has 2 aromatic rings. The van der Waals surface area contributed by atoms with E-state index in [-0.39, 0.29) is 5.91 Å². The van der Waals surface area contributed by atoms with E-state index in [0.717, 1.165) is 0 Å². The van der Waals surface area contributed by atoms with Crippen LogP contribution in [0.5, 0.6) is 0 Å². The van der Waals surface area contributed by atoms with Gasteiger partial charge in [-0.2, -0.15) is 0 Å². The molecule has 2 aromatic heterocycles. The fraction of sp³-hybridized carbons (Fsp3) is 0.312. The summed E-state index contributed by atoms with van der Waals surface area (Å²) in [6.07, 6.45) is 1.56. The SMILES string of the molecule is Cc1nc(-c2ccco2)ccc1C(=O)NC(C)C(C)C(=O)O. The maximum atomic E-state index is 12.2. The highest BCUT2D eigenvalue weighted by Crippen LogP contribution is 2.19. The number of carbonyl (C=O) groups is 2. The lowest BCUT2D eigenvalue weighted by Crippen LogP contribution is -2.40. The van der Waals surface area contributed by atoms with Gasteiger partial charge in [-0.15, -0.1) is 0 Å². The van der Waals surface area contributed by atoms with E-state index in [9.17, 15) is 9.59 Å². The van der Waals surface area contributed by atoms with Crippen LogP contribution in [-0.2, 0) is 4.79 Å². The van der Waals surface area contributed by atoms with E-state index in [1.807, 2.05) is 0 Å². The van der Waals surface area contributed by atoms with Crippen molar-refractivity contribution in [1.82, 2.24) is 10.3 Å². The van der Waals surface area contributed by atoms with Crippen molar-refractivity contribution in [2.45, 2.75) is 26.8 Å². The van der Waals surface area contributed by atoms with E-state index in [2.05, 4.69) is 10.3 Å². The van der Waals surface area contributed by atoms with Crippen LogP contribution in [0.15, 0.2) is 34.9 Å². The van der Waals surface area contributed by atoms with E-state index < -0.39 is 17.9 Å². The summed E-state index contributed by atoms with van der Waals surface area (Å²) in [6.45, 7) is 4.95. The highest BCUT2D eigenvalue weighted by atomic mass is 16.4. The van der Waals surface area contributed by atoms with Gasteiger partial charge < -0.3 is 14.8 Å². The van der Waals surface area contributed by atoms with E-state index >= 15 is 0 Å². The van der Waals surface area contributed by atoms with E-state index in [1.165, 1.54) is 0 Å². The van der Waals surface area contributed by atoms with Gasteiger partial charge in [-0.3, -0.25) is 9.59 Å². The van der Waals surface area contributed by atoms with Crippen LogP contribution >= 0.6 is 0 Å². The number of nitrogens with one attached hydrogen (secondary N) is 1. The van der Waals surface area contributed by atoms with Crippen LogP contribution < -0.4 is 5.32 Å². The van der Waals surface area contributed by atoms with Gasteiger partial charge in [0.05, 0.1) is 23.4 Å². The molecule has 0 fully saturated rings. The van der Waals surface area contributed by atoms with Crippen molar-refractivity contribution in [3.8, 4) is 11.5 Å². The molecule has 2 atom stereocenters. The van der Waals surface area contributed by atoms with Crippen molar-refractivity contribution in [3.63, 3.8) is 0 Å². The number of amides is 1. The zero-order chi connectivity index (χ0) is 16.3. The van der Waals surface area contributed by atoms with Crippen LogP contribution in [0.2, 0.25) is 0 Å². The molecule has 2 N–H and O–H groups in total. The number of carboxylic acids is 1. The second-order valence-electron chi connectivity index (χ2n) is 5.20. The van der Waals surface area contributed by atoms with Crippen LogP contribution in [0, 0.1) is 12.8 Å². The summed E-state index contributed by atoms with van der Waals surface area (Å²) in [4.78, 5) is 27.5. The molecule has 1 amide bonds. The first-order chi connectivity index (χ1) is 10.4. The van der Waals surface area contributed by atoms with Gasteiger partial charge >= 0.3 is 5.97 Å². The number of pyridine rings is 1. The second-order valence-corrected chi connectivity index (χ2v) is 5.20. The first-order valence-electron chi connectivity index (χ1n) is 6.95. The fourth-order valence-corrected chi connectivity index (χ4v) is 1.99. The number of aryl methyl sites for hydroxylation is 1. The highest BCUT2D eigenvalue weighted by molar-refractivity contribution is 5.95. The van der Waals surface area contributed by atoms with Crippen molar-refractivity contribution in [1.29, 1.82) is 0 Å². The Bertz CT molecular complexity index is 679. The van der Waals surface area contributed by atoms with Gasteiger partial charge in [-0.05, 0) is 45.0 Å². The number of rotatable bonds is 5. The first kappa shape index (κ1) is 15.8. The smallest absolute Gasteiger partial charge is 0.308 e. The Morgan fingerprint density at radius 2 is 2.00 bits per heavy atom. The van der Waals surface area contributed by atoms with Gasteiger partial charge in [0.15, 0.2) is 5.76 Å². The molecule has 0 aliphatic carbocycles. The largest absolute Gasteiger partial charge is 0.481 e. The Morgan fingerprint density at radius 1 is 1.27 bits per heavy atom. The molecule has 0 aliphatic rings. The highest BCUT2D eigenvalue weighted by Gasteiger charge is 2.22. The molecule has 0 saturated carbocycles. The van der Waals surface area contributed by atoms with Gasteiger partial charge in [0, 0.05) is 6.04 Å². The molecule has 0 saturated heterocycles. The zero-order valence-electron chi connectivity index (χ0n) is 12.7. The summed E-state index contributed by atoms with van der Waals surface area (Å²) in [7, 11) is 0. The minimum absolute atomic E-state index is 0.336. The molecule has 0 bridgehead atoms. The van der Waals surface area contributed by atoms with Crippen molar-refractivity contribution < 1.29 is 19.1 Å². The molecule has 0 radical (unpaired) electrons. The average molecular weight is 302 g/mol. The Kier molecular flexibility index (Phi) is 4.60. The standard InChI is InChI=1S/C16H18N2O4/c1-9(16(20)21)10(2)18-15(19)12-6-7-13(17-11(12)3)14-5-4-8-22-14/h4-10H,1-3H3,(H,18,19)(H,20,21). The number of carboxylic acid groups (broad SMARTS) is 1. The lowest BCUT2D eigenvalue weighted by atomic mass is 10.0. The number of aromatic nitrogens is 1. The fourth-order valence-electron chi connectivity index (χ4n) is 1.99. The number of carbonyl (C=O) groups excluding carboxylic acids is 1. The number of hydrogen-bond donors (Lipinski definition) is 2. The lowest BCUT2D eigenvalue weighted by Gasteiger charge is -2.18. The van der Waals surface area contributed by atoms with E-state index in [4.69, 9.17) is 9.52 Å². The summed E-state index contributed by atoms with van der Waals surface area (Å²) in [5.41, 5.74) is 1.62. The lowest BCUT2D eigenvalue weighted by molar-refractivity contribution is -0.141. The van der Waals surface area contributed by atoms with Crippen molar-refractivity contribution in [3.05, 3.63) is 41.8 Å². The summed E-state index contributed by atoms with van der Waals surface area (Å²) >= 11 is 0. The quantitative estimate of drug-likeness (QED) is 0.885. The van der Waals surface area contributed by atoms with Gasteiger partial charge in [0.2, 0.25) is 0 Å². The number of nitrogens with zero attached hydrogens (tertiary/aromatic N) is 1. The van der Waals surface area contributed by atoms with Crippen LogP contribution in [0.25, 0.3) is 11.5 Å². The zero-order valence-corrected chi connectivity index (χ0v) is 12.7. The van der Waals surface area contributed by atoms with Crippen LogP contribution in [-0.4, -0.2) is 28.0 Å². The molecule has 2 heterocycles. The molecule has 22 heavy (non-hydrogen) atoms. The predicted molar refractivity (Wildman–Crippen MR) is 80.4 cm³/mol. The molecule has 6 heteroatoms. The van der Waals surface area contributed by atoms with Crippen molar-refractivity contribution in [2.75, 3.05) is 0 Å². The van der Waals surface area contributed by atoms with E-state index in [0.29, 0.717) is 22.7 Å². The Hall–Kier alpha value is -2.63. The third kappa shape index (κ3) is 3.33. The molecule has 2 unspecified atom stereocenters. The van der Waals surface area contributed by atoms with Gasteiger partial charge in [0.1, 0.15) is 5.69 Å². The number of hydrogen-bond acceptors (Lipinski definition) is 4. The molecule has 0 aromatic carbocycles. The minimum atomic E-state index is -0.948. The number of aliphatic carboxylic acids is 1. The molecule has 116 valence electrons. The number of furan rings is 1. The molecule has 0 aliphatic heterocycles. The molecule has 2 rings (SSSR count). The van der Waals surface area contributed by atoms with Crippen LogP contribution in [0.1, 0.15) is 29.9 Å². The third-order valence-corrected chi connectivity index (χ3v) is 3.60. The molecule has 0 spiro atoms. The molecular formula is C16H18N2O4. The molecule has 6 nitrogen and oxygen atoms in total.